The molecule has 2 unspecified atom stereocenters. The first-order chi connectivity index (χ1) is 8.11. The van der Waals surface area contributed by atoms with Gasteiger partial charge in [-0.15, -0.1) is 5.10 Å². The van der Waals surface area contributed by atoms with Crippen LogP contribution in [0, 0.1) is 0 Å². The molecule has 2 atom stereocenters. The Bertz CT molecular complexity index is 414. The minimum Gasteiger partial charge on any atom is -0.468 e. The van der Waals surface area contributed by atoms with Gasteiger partial charge in [0.2, 0.25) is 0 Å². The molecule has 0 amide bonds. The fourth-order valence-electron chi connectivity index (χ4n) is 1.92. The molecule has 0 bridgehead atoms. The number of halogens is 1. The molecule has 1 aromatic heterocycles. The molecule has 1 aliphatic heterocycles. The molecule has 0 aliphatic carbocycles. The van der Waals surface area contributed by atoms with Gasteiger partial charge in [-0.2, -0.15) is 0 Å². The highest BCUT2D eigenvalue weighted by molar-refractivity contribution is 7.10. The Morgan fingerprint density at radius 1 is 1.76 bits per heavy atom. The number of hydrogen-bond donors (Lipinski definition) is 1. The number of aliphatic hydroxyl groups excluding tert-OH is 1. The summed E-state index contributed by atoms with van der Waals surface area (Å²) in [5.74, 6) is -0.346. The smallest absolute Gasteiger partial charge is 0.323 e. The second kappa shape index (κ2) is 5.26. The number of hydrogen-bond acceptors (Lipinski definition) is 7. The molecule has 1 aromatic rings. The van der Waals surface area contributed by atoms with Crippen molar-refractivity contribution >= 4 is 29.1 Å². The highest BCUT2D eigenvalue weighted by Crippen LogP contribution is 2.25. The summed E-state index contributed by atoms with van der Waals surface area (Å²) in [5.41, 5.74) is 0.625. The lowest BCUT2D eigenvalue weighted by Crippen LogP contribution is -2.36. The molecule has 1 aliphatic rings. The zero-order valence-electron chi connectivity index (χ0n) is 9.17. The van der Waals surface area contributed by atoms with Gasteiger partial charge in [-0.1, -0.05) is 16.1 Å². The first-order valence-electron chi connectivity index (χ1n) is 5.08. The molecule has 2 rings (SSSR count). The number of carbonyl (C=O) groups excluding carboxylic acids is 1. The molecular formula is C9H12ClN3O3S. The maximum Gasteiger partial charge on any atom is 0.323 e. The van der Waals surface area contributed by atoms with Crippen LogP contribution in [0.2, 0.25) is 4.34 Å². The number of nitrogens with zero attached hydrogens (tertiary/aromatic N) is 3. The molecule has 94 valence electrons. The van der Waals surface area contributed by atoms with Gasteiger partial charge in [0.1, 0.15) is 16.1 Å². The average Bonchev–Trinajstić information content (AvgIpc) is 2.86. The van der Waals surface area contributed by atoms with E-state index in [-0.39, 0.29) is 5.97 Å². The van der Waals surface area contributed by atoms with E-state index in [1.54, 1.807) is 4.90 Å². The molecule has 0 aromatic carbocycles. The van der Waals surface area contributed by atoms with E-state index in [4.69, 9.17) is 16.3 Å². The summed E-state index contributed by atoms with van der Waals surface area (Å²) < 4.78 is 8.94. The Morgan fingerprint density at radius 3 is 3.12 bits per heavy atom. The minimum absolute atomic E-state index is 0.346. The highest BCUT2D eigenvalue weighted by atomic mass is 35.5. The van der Waals surface area contributed by atoms with E-state index in [0.29, 0.717) is 29.5 Å². The number of methoxy groups -OCH3 is 1. The van der Waals surface area contributed by atoms with Gasteiger partial charge in [-0.3, -0.25) is 9.69 Å². The van der Waals surface area contributed by atoms with Crippen molar-refractivity contribution in [1.29, 1.82) is 0 Å². The lowest BCUT2D eigenvalue weighted by atomic mass is 10.2. The van der Waals surface area contributed by atoms with Crippen molar-refractivity contribution < 1.29 is 14.6 Å². The Hall–Kier alpha value is -0.760. The van der Waals surface area contributed by atoms with Crippen molar-refractivity contribution in [3.63, 3.8) is 0 Å². The number of likely N-dealkylation sites (tertiary alicyclic amines) is 1. The summed E-state index contributed by atoms with van der Waals surface area (Å²) in [4.78, 5) is 13.3. The van der Waals surface area contributed by atoms with E-state index in [0.717, 1.165) is 11.5 Å². The number of carbonyl (C=O) groups is 1. The molecule has 8 heteroatoms. The van der Waals surface area contributed by atoms with Crippen LogP contribution in [0.4, 0.5) is 0 Å². The molecule has 0 radical (unpaired) electrons. The summed E-state index contributed by atoms with van der Waals surface area (Å²) in [6, 6.07) is -0.437. The van der Waals surface area contributed by atoms with Crippen molar-refractivity contribution in [2.24, 2.45) is 0 Å². The molecule has 0 saturated carbocycles. The number of esters is 1. The van der Waals surface area contributed by atoms with Crippen LogP contribution in [0.1, 0.15) is 12.1 Å². The molecule has 0 spiro atoms. The van der Waals surface area contributed by atoms with Crippen molar-refractivity contribution in [3.8, 4) is 0 Å². The quantitative estimate of drug-likeness (QED) is 0.801. The molecular weight excluding hydrogens is 266 g/mol. The number of aliphatic hydroxyl groups is 1. The fraction of sp³-hybridized carbons (Fsp3) is 0.667. The van der Waals surface area contributed by atoms with Gasteiger partial charge in [-0.05, 0) is 0 Å². The van der Waals surface area contributed by atoms with Gasteiger partial charge in [0.05, 0.1) is 13.2 Å². The number of rotatable bonds is 3. The van der Waals surface area contributed by atoms with Crippen LogP contribution in [0.15, 0.2) is 0 Å². The third kappa shape index (κ3) is 2.74. The fourth-order valence-corrected chi connectivity index (χ4v) is 2.53. The summed E-state index contributed by atoms with van der Waals surface area (Å²) in [6.45, 7) is 0.805. The first kappa shape index (κ1) is 12.7. The normalized spacial score (nSPS) is 25.1. The van der Waals surface area contributed by atoms with E-state index in [9.17, 15) is 9.90 Å². The molecule has 2 heterocycles. The molecule has 1 saturated heterocycles. The van der Waals surface area contributed by atoms with Gasteiger partial charge < -0.3 is 9.84 Å². The zero-order chi connectivity index (χ0) is 12.4. The maximum absolute atomic E-state index is 11.5. The van der Waals surface area contributed by atoms with Gasteiger partial charge in [0.25, 0.3) is 0 Å². The van der Waals surface area contributed by atoms with E-state index < -0.39 is 12.1 Å². The highest BCUT2D eigenvalue weighted by Gasteiger charge is 2.37. The second-order valence-corrected chi connectivity index (χ2v) is 5.21. The van der Waals surface area contributed by atoms with E-state index in [1.807, 2.05) is 0 Å². The van der Waals surface area contributed by atoms with Crippen molar-refractivity contribution in [2.75, 3.05) is 13.7 Å². The van der Waals surface area contributed by atoms with Gasteiger partial charge in [0.15, 0.2) is 0 Å². The summed E-state index contributed by atoms with van der Waals surface area (Å²) >= 11 is 7.01. The SMILES string of the molecule is COC(=O)C1CC(O)CN1Cc1nnsc1Cl. The predicted molar refractivity (Wildman–Crippen MR) is 61.8 cm³/mol. The Balaban J connectivity index is 2.08. The predicted octanol–water partition coefficient (Wildman–Crippen LogP) is 0.300. The number of β-amino-alcohol motifs (C(OH)–C–C–N with tert-alkyl or cyclic N) is 1. The molecule has 1 fully saturated rings. The van der Waals surface area contributed by atoms with E-state index in [1.165, 1.54) is 7.11 Å². The van der Waals surface area contributed by atoms with Crippen LogP contribution >= 0.6 is 23.1 Å². The summed E-state index contributed by atoms with van der Waals surface area (Å²) in [7, 11) is 1.34. The largest absolute Gasteiger partial charge is 0.468 e. The molecule has 17 heavy (non-hydrogen) atoms. The van der Waals surface area contributed by atoms with Crippen LogP contribution in [0.3, 0.4) is 0 Å². The van der Waals surface area contributed by atoms with Crippen molar-refractivity contribution in [1.82, 2.24) is 14.5 Å². The van der Waals surface area contributed by atoms with Crippen molar-refractivity contribution in [2.45, 2.75) is 25.1 Å². The number of aromatic nitrogens is 2. The molecule has 1 N–H and O–H groups in total. The average molecular weight is 278 g/mol. The van der Waals surface area contributed by atoms with E-state index in [2.05, 4.69) is 9.59 Å². The standard InChI is InChI=1S/C9H12ClN3O3S/c1-16-9(15)7-2-5(14)3-13(7)4-6-8(10)17-12-11-6/h5,7,14H,2-4H2,1H3. The Kier molecular flexibility index (Phi) is 3.93. The first-order valence-corrected chi connectivity index (χ1v) is 6.23. The maximum atomic E-state index is 11.5. The minimum atomic E-state index is -0.524. The third-order valence-corrected chi connectivity index (χ3v) is 3.70. The second-order valence-electron chi connectivity index (χ2n) is 3.85. The van der Waals surface area contributed by atoms with Crippen LogP contribution in [-0.2, 0) is 16.1 Å². The van der Waals surface area contributed by atoms with Gasteiger partial charge >= 0.3 is 5.97 Å². The number of ether oxygens (including phenoxy) is 1. The Morgan fingerprint density at radius 2 is 2.53 bits per heavy atom. The monoisotopic (exact) mass is 277 g/mol. The van der Waals surface area contributed by atoms with Gasteiger partial charge in [0, 0.05) is 31.0 Å². The van der Waals surface area contributed by atoms with E-state index >= 15 is 0 Å². The third-order valence-electron chi connectivity index (χ3n) is 2.72. The van der Waals surface area contributed by atoms with Crippen LogP contribution in [-0.4, -0.2) is 51.4 Å². The topological polar surface area (TPSA) is 75.6 Å². The Labute approximate surface area is 107 Å². The lowest BCUT2D eigenvalue weighted by molar-refractivity contribution is -0.146. The van der Waals surface area contributed by atoms with Crippen LogP contribution < -0.4 is 0 Å². The van der Waals surface area contributed by atoms with Crippen LogP contribution in [0.25, 0.3) is 0 Å². The van der Waals surface area contributed by atoms with Gasteiger partial charge in [-0.25, -0.2) is 0 Å². The molecule has 6 nitrogen and oxygen atoms in total. The summed E-state index contributed by atoms with van der Waals surface area (Å²) in [5, 5.41) is 13.5. The zero-order valence-corrected chi connectivity index (χ0v) is 10.7. The summed E-state index contributed by atoms with van der Waals surface area (Å²) in [6.07, 6.45) is -0.147. The van der Waals surface area contributed by atoms with Crippen LogP contribution in [0.5, 0.6) is 0 Å². The lowest BCUT2D eigenvalue weighted by Gasteiger charge is -2.20. The van der Waals surface area contributed by atoms with Crippen molar-refractivity contribution in [3.05, 3.63) is 10.0 Å².